The Balaban J connectivity index is 0.910. The lowest BCUT2D eigenvalue weighted by molar-refractivity contribution is -0.0399. The van der Waals surface area contributed by atoms with Crippen LogP contribution in [0.25, 0.3) is 44.5 Å². The molecule has 1 spiro atoms. The Hall–Kier alpha value is -5.66. The predicted octanol–water partition coefficient (Wildman–Crippen LogP) is 14.5. The summed E-state index contributed by atoms with van der Waals surface area (Å²) in [6.45, 7) is 4.72. The zero-order valence-electron chi connectivity index (χ0n) is 32.4. The topological polar surface area (TPSA) is 3.24 Å². The molecule has 4 fully saturated rings. The van der Waals surface area contributed by atoms with Gasteiger partial charge in [0.25, 0.3) is 0 Å². The molecule has 4 bridgehead atoms. The Labute approximate surface area is 331 Å². The van der Waals surface area contributed by atoms with Crippen LogP contribution < -0.4 is 4.90 Å². The molecule has 0 unspecified atom stereocenters. The van der Waals surface area contributed by atoms with E-state index in [4.69, 9.17) is 0 Å². The largest absolute Gasteiger partial charge is 0.310 e. The molecule has 0 amide bonds. The third-order valence-corrected chi connectivity index (χ3v) is 15.1. The molecule has 56 heavy (non-hydrogen) atoms. The summed E-state index contributed by atoms with van der Waals surface area (Å²) in [5, 5.41) is 0. The van der Waals surface area contributed by atoms with Gasteiger partial charge in [-0.2, -0.15) is 0 Å². The van der Waals surface area contributed by atoms with Gasteiger partial charge in [-0.05, 0) is 147 Å². The van der Waals surface area contributed by atoms with Crippen molar-refractivity contribution in [2.75, 3.05) is 4.90 Å². The lowest BCUT2D eigenvalue weighted by Gasteiger charge is -2.61. The summed E-state index contributed by atoms with van der Waals surface area (Å²) in [4.78, 5) is 2.44. The summed E-state index contributed by atoms with van der Waals surface area (Å²) >= 11 is 0. The maximum atomic E-state index is 2.51. The molecule has 0 aliphatic heterocycles. The highest BCUT2D eigenvalue weighted by Crippen LogP contribution is 2.70. The smallest absolute Gasteiger partial charge is 0.0543 e. The molecule has 0 aromatic heterocycles. The number of hydrogen-bond acceptors (Lipinski definition) is 1. The zero-order chi connectivity index (χ0) is 37.2. The van der Waals surface area contributed by atoms with Crippen molar-refractivity contribution in [3.05, 3.63) is 186 Å². The number of anilines is 3. The minimum absolute atomic E-state index is 0.0555. The van der Waals surface area contributed by atoms with Crippen LogP contribution in [-0.2, 0) is 10.8 Å². The molecular formula is C55H47N. The summed E-state index contributed by atoms with van der Waals surface area (Å²) < 4.78 is 0. The second kappa shape index (κ2) is 11.9. The van der Waals surface area contributed by atoms with Gasteiger partial charge in [-0.3, -0.25) is 0 Å². The van der Waals surface area contributed by atoms with Gasteiger partial charge >= 0.3 is 0 Å². The van der Waals surface area contributed by atoms with Gasteiger partial charge in [0.05, 0.1) is 5.69 Å². The first-order valence-electron chi connectivity index (χ1n) is 21.0. The van der Waals surface area contributed by atoms with Crippen molar-refractivity contribution in [2.45, 2.75) is 56.8 Å². The molecule has 7 aromatic rings. The number of hydrogen-bond donors (Lipinski definition) is 0. The van der Waals surface area contributed by atoms with E-state index in [1.807, 2.05) is 0 Å². The highest BCUT2D eigenvalue weighted by molar-refractivity contribution is 5.96. The molecular weight excluding hydrogens is 675 g/mol. The van der Waals surface area contributed by atoms with E-state index in [1.54, 1.807) is 11.1 Å². The Morgan fingerprint density at radius 1 is 0.393 bits per heavy atom. The highest BCUT2D eigenvalue weighted by atomic mass is 15.1. The molecule has 0 saturated heterocycles. The van der Waals surface area contributed by atoms with Crippen LogP contribution in [-0.4, -0.2) is 0 Å². The minimum Gasteiger partial charge on any atom is -0.310 e. The molecule has 4 saturated carbocycles. The third kappa shape index (κ3) is 4.43. The van der Waals surface area contributed by atoms with Crippen LogP contribution in [0, 0.1) is 23.7 Å². The molecule has 6 aliphatic carbocycles. The first-order valence-corrected chi connectivity index (χ1v) is 21.0. The molecule has 0 heterocycles. The van der Waals surface area contributed by atoms with E-state index >= 15 is 0 Å². The summed E-state index contributed by atoms with van der Waals surface area (Å²) in [5.41, 5.74) is 20.6. The Morgan fingerprint density at radius 3 is 1.59 bits per heavy atom. The standard InChI is InChI=1S/C55H47N/c1-54(2)47-17-8-6-14-45(47)53-49(54)19-11-21-51(53)56(42-12-4-3-5-13-42)43-28-26-38(27-29-43)37-22-24-39(25-23-37)44-16-10-20-50-52(44)46-15-7-9-18-48(46)55(50)40-31-35-30-36(33-40)34-41(55)32-35/h3-29,35-36,40-41H,30-34H2,1-2H3. The minimum atomic E-state index is -0.0555. The van der Waals surface area contributed by atoms with Crippen molar-refractivity contribution in [1.29, 1.82) is 0 Å². The number of benzene rings is 7. The second-order valence-corrected chi connectivity index (χ2v) is 18.1. The van der Waals surface area contributed by atoms with Crippen LogP contribution in [0.2, 0.25) is 0 Å². The van der Waals surface area contributed by atoms with Crippen LogP contribution >= 0.6 is 0 Å². The summed E-state index contributed by atoms with van der Waals surface area (Å²) in [7, 11) is 0. The number of rotatable bonds is 5. The summed E-state index contributed by atoms with van der Waals surface area (Å²) in [6, 6.07) is 62.0. The molecule has 1 heteroatoms. The van der Waals surface area contributed by atoms with Crippen molar-refractivity contribution in [2.24, 2.45) is 23.7 Å². The normalized spacial score (nSPS) is 24.1. The van der Waals surface area contributed by atoms with E-state index < -0.39 is 0 Å². The van der Waals surface area contributed by atoms with Crippen molar-refractivity contribution in [3.8, 4) is 44.5 Å². The van der Waals surface area contributed by atoms with Crippen LogP contribution in [0.4, 0.5) is 17.1 Å². The SMILES string of the molecule is CC1(C)c2ccccc2-c2c(N(c3ccccc3)c3ccc(-c4ccc(-c5cccc6c5-c5ccccc5C65C6CC7CC(C6)CC5C7)cc4)cc3)cccc21. The van der Waals surface area contributed by atoms with Crippen molar-refractivity contribution in [1.82, 2.24) is 0 Å². The first-order chi connectivity index (χ1) is 27.5. The average Bonchev–Trinajstić information content (AvgIpc) is 3.67. The molecule has 0 atom stereocenters. The van der Waals surface area contributed by atoms with Crippen LogP contribution in [0.3, 0.4) is 0 Å². The van der Waals surface area contributed by atoms with E-state index in [0.717, 1.165) is 35.0 Å². The quantitative estimate of drug-likeness (QED) is 0.171. The molecule has 272 valence electrons. The van der Waals surface area contributed by atoms with Gasteiger partial charge in [0.1, 0.15) is 0 Å². The third-order valence-electron chi connectivity index (χ3n) is 15.1. The van der Waals surface area contributed by atoms with Gasteiger partial charge in [0.2, 0.25) is 0 Å². The fourth-order valence-electron chi connectivity index (χ4n) is 13.0. The van der Waals surface area contributed by atoms with Crippen molar-refractivity contribution in [3.63, 3.8) is 0 Å². The van der Waals surface area contributed by atoms with Gasteiger partial charge in [0, 0.05) is 27.8 Å². The number of fused-ring (bicyclic) bond motifs is 6. The van der Waals surface area contributed by atoms with Crippen LogP contribution in [0.1, 0.15) is 68.2 Å². The molecule has 1 nitrogen and oxygen atoms in total. The summed E-state index contributed by atoms with van der Waals surface area (Å²) in [5.74, 6) is 3.47. The maximum absolute atomic E-state index is 2.51. The van der Waals surface area contributed by atoms with E-state index in [9.17, 15) is 0 Å². The number of nitrogens with zero attached hydrogens (tertiary/aromatic N) is 1. The van der Waals surface area contributed by atoms with Crippen LogP contribution in [0.15, 0.2) is 164 Å². The maximum Gasteiger partial charge on any atom is 0.0543 e. The van der Waals surface area contributed by atoms with E-state index in [2.05, 4.69) is 183 Å². The zero-order valence-corrected chi connectivity index (χ0v) is 32.4. The monoisotopic (exact) mass is 721 g/mol. The van der Waals surface area contributed by atoms with Gasteiger partial charge in [0.15, 0.2) is 0 Å². The van der Waals surface area contributed by atoms with Gasteiger partial charge in [-0.15, -0.1) is 0 Å². The fraction of sp³-hybridized carbons (Fsp3) is 0.236. The first kappa shape index (κ1) is 32.6. The molecule has 0 N–H and O–H groups in total. The Kier molecular flexibility index (Phi) is 6.93. The second-order valence-electron chi connectivity index (χ2n) is 18.1. The van der Waals surface area contributed by atoms with Crippen molar-refractivity contribution < 1.29 is 0 Å². The van der Waals surface area contributed by atoms with Gasteiger partial charge < -0.3 is 4.90 Å². The van der Waals surface area contributed by atoms with Crippen molar-refractivity contribution >= 4 is 17.1 Å². The van der Waals surface area contributed by atoms with Crippen LogP contribution in [0.5, 0.6) is 0 Å². The lowest BCUT2D eigenvalue weighted by atomic mass is 9.43. The molecule has 13 rings (SSSR count). The molecule has 7 aromatic carbocycles. The van der Waals surface area contributed by atoms with E-state index in [-0.39, 0.29) is 10.8 Å². The predicted molar refractivity (Wildman–Crippen MR) is 233 cm³/mol. The van der Waals surface area contributed by atoms with E-state index in [1.165, 1.54) is 93.4 Å². The molecule has 0 radical (unpaired) electrons. The summed E-state index contributed by atoms with van der Waals surface area (Å²) in [6.07, 6.45) is 7.16. The van der Waals surface area contributed by atoms with Gasteiger partial charge in [-0.1, -0.05) is 147 Å². The fourth-order valence-corrected chi connectivity index (χ4v) is 13.0. The lowest BCUT2D eigenvalue weighted by Crippen LogP contribution is -2.55. The Bertz CT molecular complexity index is 2630. The van der Waals surface area contributed by atoms with E-state index in [0.29, 0.717) is 0 Å². The highest BCUT2D eigenvalue weighted by Gasteiger charge is 2.61. The van der Waals surface area contributed by atoms with Gasteiger partial charge in [-0.25, -0.2) is 0 Å². The number of para-hydroxylation sites is 1. The average molecular weight is 722 g/mol. The molecule has 6 aliphatic rings. The Morgan fingerprint density at radius 2 is 0.893 bits per heavy atom.